The van der Waals surface area contributed by atoms with Crippen molar-refractivity contribution in [1.82, 2.24) is 9.55 Å². The second-order valence-electron chi connectivity index (χ2n) is 17.4. The van der Waals surface area contributed by atoms with Crippen LogP contribution in [0.5, 0.6) is 0 Å². The molecule has 0 radical (unpaired) electrons. The third kappa shape index (κ3) is 7.68. The van der Waals surface area contributed by atoms with Crippen molar-refractivity contribution in [3.63, 3.8) is 0 Å². The maximum absolute atomic E-state index is 6.72. The molecular formula is C54H66N3O+. The zero-order valence-electron chi connectivity index (χ0n) is 36.7. The number of imidazole rings is 1. The molecule has 0 fully saturated rings. The van der Waals surface area contributed by atoms with Gasteiger partial charge in [0.15, 0.2) is 6.20 Å². The van der Waals surface area contributed by atoms with Crippen LogP contribution >= 0.6 is 0 Å². The van der Waals surface area contributed by atoms with Crippen LogP contribution in [0, 0.1) is 19.8 Å². The fourth-order valence-corrected chi connectivity index (χ4v) is 10.0. The van der Waals surface area contributed by atoms with Crippen LogP contribution in [-0.4, -0.2) is 9.55 Å². The van der Waals surface area contributed by atoms with Gasteiger partial charge in [-0.1, -0.05) is 147 Å². The Bertz CT molecular complexity index is 2480. The summed E-state index contributed by atoms with van der Waals surface area (Å²) in [6.45, 7) is 21.9. The molecule has 3 unspecified atom stereocenters. The van der Waals surface area contributed by atoms with Crippen LogP contribution in [-0.2, 0) is 12.0 Å². The second kappa shape index (κ2) is 17.9. The Morgan fingerprint density at radius 2 is 1.50 bits per heavy atom. The zero-order valence-corrected chi connectivity index (χ0v) is 36.7. The highest BCUT2D eigenvalue weighted by atomic mass is 16.3. The van der Waals surface area contributed by atoms with Gasteiger partial charge in [0.1, 0.15) is 23.5 Å². The number of rotatable bonds is 17. The summed E-state index contributed by atoms with van der Waals surface area (Å²) < 4.78 is 11.6. The molecule has 0 saturated heterocycles. The van der Waals surface area contributed by atoms with Gasteiger partial charge >= 0.3 is 0 Å². The summed E-state index contributed by atoms with van der Waals surface area (Å²) >= 11 is 0. The molecule has 4 heteroatoms. The van der Waals surface area contributed by atoms with Crippen LogP contribution in [0.1, 0.15) is 139 Å². The lowest BCUT2D eigenvalue weighted by molar-refractivity contribution is -0.686. The van der Waals surface area contributed by atoms with Crippen LogP contribution in [0.25, 0.3) is 50.3 Å². The largest absolute Gasteiger partial charge is 0.455 e. The minimum absolute atomic E-state index is 0.0301. The highest BCUT2D eigenvalue weighted by Gasteiger charge is 2.38. The number of aromatic nitrogens is 3. The molecule has 0 aliphatic rings. The van der Waals surface area contributed by atoms with Crippen molar-refractivity contribution in [2.24, 2.45) is 5.92 Å². The van der Waals surface area contributed by atoms with Gasteiger partial charge < -0.3 is 4.42 Å². The average molecular weight is 773 g/mol. The molecule has 0 aliphatic carbocycles. The van der Waals surface area contributed by atoms with Gasteiger partial charge in [-0.2, -0.15) is 4.57 Å². The fraction of sp³-hybridized carbons (Fsp3) is 0.407. The summed E-state index contributed by atoms with van der Waals surface area (Å²) in [5, 5.41) is 2.37. The quantitative estimate of drug-likeness (QED) is 0.0682. The number of para-hydroxylation sites is 2. The maximum atomic E-state index is 6.72. The predicted octanol–water partition coefficient (Wildman–Crippen LogP) is 15.0. The van der Waals surface area contributed by atoms with Crippen molar-refractivity contribution in [2.45, 2.75) is 137 Å². The number of benzene rings is 4. The second-order valence-corrected chi connectivity index (χ2v) is 17.4. The minimum Gasteiger partial charge on any atom is -0.455 e. The lowest BCUT2D eigenvalue weighted by Crippen LogP contribution is -2.39. The van der Waals surface area contributed by atoms with Gasteiger partial charge in [-0.05, 0) is 90.2 Å². The maximum Gasteiger partial charge on any atom is 0.216 e. The number of nitrogens with zero attached hydrogens (tertiary/aromatic N) is 3. The summed E-state index contributed by atoms with van der Waals surface area (Å²) in [5.74, 6) is 2.39. The molecule has 4 nitrogen and oxygen atoms in total. The average Bonchev–Trinajstić information content (AvgIpc) is 3.88. The number of aryl methyl sites for hydroxylation is 3. The molecule has 0 spiro atoms. The molecule has 7 rings (SSSR count). The van der Waals surface area contributed by atoms with E-state index in [1.807, 2.05) is 6.20 Å². The van der Waals surface area contributed by atoms with Crippen molar-refractivity contribution in [3.05, 3.63) is 137 Å². The first-order valence-corrected chi connectivity index (χ1v) is 22.3. The Balaban J connectivity index is 1.27. The zero-order chi connectivity index (χ0) is 41.0. The molecule has 0 N–H and O–H groups in total. The van der Waals surface area contributed by atoms with E-state index in [-0.39, 0.29) is 5.41 Å². The van der Waals surface area contributed by atoms with E-state index in [0.717, 1.165) is 49.2 Å². The van der Waals surface area contributed by atoms with Crippen molar-refractivity contribution in [2.75, 3.05) is 0 Å². The third-order valence-corrected chi connectivity index (χ3v) is 13.6. The molecule has 3 atom stereocenters. The highest BCUT2D eigenvalue weighted by Crippen LogP contribution is 2.47. The van der Waals surface area contributed by atoms with E-state index in [0.29, 0.717) is 17.8 Å². The van der Waals surface area contributed by atoms with Crippen molar-refractivity contribution in [1.29, 1.82) is 0 Å². The number of unbranched alkanes of at least 4 members (excludes halogenated alkanes) is 2. The lowest BCUT2D eigenvalue weighted by Gasteiger charge is -2.40. The third-order valence-electron chi connectivity index (χ3n) is 13.6. The number of pyridine rings is 1. The summed E-state index contributed by atoms with van der Waals surface area (Å²) in [6.07, 6.45) is 15.8. The summed E-state index contributed by atoms with van der Waals surface area (Å²) in [7, 11) is 0. The number of furan rings is 1. The van der Waals surface area contributed by atoms with E-state index in [4.69, 9.17) is 9.40 Å². The molecule has 0 bridgehead atoms. The Morgan fingerprint density at radius 1 is 0.741 bits per heavy atom. The first kappa shape index (κ1) is 41.2. The summed E-state index contributed by atoms with van der Waals surface area (Å²) in [6, 6.07) is 33.8. The van der Waals surface area contributed by atoms with Gasteiger partial charge in [0.25, 0.3) is 0 Å². The standard InChI is InChI=1S/C54H66N3O/c1-10-13-14-22-38(6)43-26-20-25-42(37(4)5)50(43)57-36-33-55-53(57)46-24-15-16-28-47(46)54(12-3,41(9)11-2)32-21-35-56-34-18-17-29-48(56)49-39(7)30-31-45-44-27-19-23-40(8)51(44)58-52(45)49/h15-20,23-31,33-34,36-38,41H,10-14,21-22,32,35H2,1-9H3/q+1. The predicted molar refractivity (Wildman–Crippen MR) is 245 cm³/mol. The van der Waals surface area contributed by atoms with E-state index in [1.165, 1.54) is 86.8 Å². The van der Waals surface area contributed by atoms with Crippen molar-refractivity contribution >= 4 is 21.9 Å². The SMILES string of the molecule is CCCCCC(C)c1cccc(C(C)C)c1-n1ccnc1-c1ccccc1C(CC)(CCC[n+]1ccccc1-c1c(C)ccc2c1oc1c(C)cccc12)C(C)CC. The van der Waals surface area contributed by atoms with Crippen LogP contribution in [0.2, 0.25) is 0 Å². The Kier molecular flexibility index (Phi) is 12.7. The number of hydrogen-bond acceptors (Lipinski definition) is 2. The number of hydrogen-bond donors (Lipinski definition) is 0. The Labute approximate surface area is 348 Å². The normalized spacial score (nSPS) is 14.0. The van der Waals surface area contributed by atoms with Crippen LogP contribution in [0.4, 0.5) is 0 Å². The van der Waals surface area contributed by atoms with E-state index < -0.39 is 0 Å². The molecule has 0 aliphatic heterocycles. The Morgan fingerprint density at radius 3 is 2.28 bits per heavy atom. The van der Waals surface area contributed by atoms with E-state index in [2.05, 4.69) is 175 Å². The topological polar surface area (TPSA) is 34.8 Å². The van der Waals surface area contributed by atoms with Crippen molar-refractivity contribution in [3.8, 4) is 28.3 Å². The summed E-state index contributed by atoms with van der Waals surface area (Å²) in [5.41, 5.74) is 13.6. The lowest BCUT2D eigenvalue weighted by atomic mass is 9.64. The van der Waals surface area contributed by atoms with Gasteiger partial charge in [0.05, 0.1) is 11.3 Å². The van der Waals surface area contributed by atoms with Gasteiger partial charge in [0, 0.05) is 47.3 Å². The van der Waals surface area contributed by atoms with E-state index in [1.54, 1.807) is 0 Å². The van der Waals surface area contributed by atoms with Gasteiger partial charge in [0.2, 0.25) is 5.69 Å². The molecule has 3 heterocycles. The molecule has 58 heavy (non-hydrogen) atoms. The van der Waals surface area contributed by atoms with Crippen molar-refractivity contribution < 1.29 is 8.98 Å². The molecule has 0 amide bonds. The molecule has 7 aromatic rings. The first-order chi connectivity index (χ1) is 28.1. The van der Waals surface area contributed by atoms with Crippen LogP contribution in [0.15, 0.2) is 114 Å². The molecule has 4 aromatic carbocycles. The molecule has 302 valence electrons. The monoisotopic (exact) mass is 773 g/mol. The van der Waals surface area contributed by atoms with Gasteiger partial charge in [-0.3, -0.25) is 4.57 Å². The molecular weight excluding hydrogens is 707 g/mol. The van der Waals surface area contributed by atoms with Crippen LogP contribution < -0.4 is 4.57 Å². The van der Waals surface area contributed by atoms with E-state index in [9.17, 15) is 0 Å². The van der Waals surface area contributed by atoms with E-state index >= 15 is 0 Å². The smallest absolute Gasteiger partial charge is 0.216 e. The fourth-order valence-electron chi connectivity index (χ4n) is 10.0. The highest BCUT2D eigenvalue weighted by molar-refractivity contribution is 6.10. The number of fused-ring (bicyclic) bond motifs is 3. The van der Waals surface area contributed by atoms with Gasteiger partial charge in [-0.25, -0.2) is 4.98 Å². The summed E-state index contributed by atoms with van der Waals surface area (Å²) in [4.78, 5) is 5.21. The molecule has 3 aromatic heterocycles. The van der Waals surface area contributed by atoms with Gasteiger partial charge in [-0.15, -0.1) is 0 Å². The molecule has 0 saturated carbocycles. The Hall–Kier alpha value is -4.96. The minimum atomic E-state index is -0.0301. The van der Waals surface area contributed by atoms with Crippen LogP contribution in [0.3, 0.4) is 0 Å². The first-order valence-electron chi connectivity index (χ1n) is 22.3.